The molecule has 0 spiro atoms. The Labute approximate surface area is 123 Å². The average Bonchev–Trinajstić information content (AvgIpc) is 3.01. The molecule has 4 rings (SSSR count). The summed E-state index contributed by atoms with van der Waals surface area (Å²) in [5.74, 6) is -0.234. The molecule has 2 aliphatic heterocycles. The van der Waals surface area contributed by atoms with E-state index in [1.54, 1.807) is 12.3 Å². The Balaban J connectivity index is 1.48. The van der Waals surface area contributed by atoms with Gasteiger partial charge in [-0.25, -0.2) is 4.79 Å². The third kappa shape index (κ3) is 2.23. The minimum absolute atomic E-state index is 0.0542. The molecule has 0 radical (unpaired) electrons. The van der Waals surface area contributed by atoms with Crippen molar-refractivity contribution in [1.82, 2.24) is 4.90 Å². The summed E-state index contributed by atoms with van der Waals surface area (Å²) in [6.07, 6.45) is 6.07. The van der Waals surface area contributed by atoms with Crippen LogP contribution in [0.25, 0.3) is 11.0 Å². The lowest BCUT2D eigenvalue weighted by atomic mass is 10.0. The van der Waals surface area contributed by atoms with Crippen LogP contribution in [0.4, 0.5) is 0 Å². The zero-order valence-electron chi connectivity index (χ0n) is 12.1. The van der Waals surface area contributed by atoms with Crippen molar-refractivity contribution >= 4 is 16.9 Å². The Morgan fingerprint density at radius 3 is 2.76 bits per heavy atom. The lowest BCUT2D eigenvalue weighted by Crippen LogP contribution is -2.43. The van der Waals surface area contributed by atoms with Crippen LogP contribution in [0.3, 0.4) is 0 Å². The zero-order valence-corrected chi connectivity index (χ0v) is 12.1. The number of nitrogens with zero attached hydrogens (tertiary/aromatic N) is 1. The van der Waals surface area contributed by atoms with E-state index in [1.165, 1.54) is 12.8 Å². The maximum Gasteiger partial charge on any atom is 0.338 e. The second-order valence-electron chi connectivity index (χ2n) is 6.22. The van der Waals surface area contributed by atoms with E-state index in [9.17, 15) is 4.79 Å². The molecule has 2 aromatic rings. The van der Waals surface area contributed by atoms with Crippen LogP contribution in [-0.4, -0.2) is 36.1 Å². The van der Waals surface area contributed by atoms with E-state index in [0.29, 0.717) is 17.6 Å². The summed E-state index contributed by atoms with van der Waals surface area (Å²) in [5.41, 5.74) is 1.30. The van der Waals surface area contributed by atoms with Crippen molar-refractivity contribution in [2.24, 2.45) is 0 Å². The number of carbonyl (C=O) groups excluding carboxylic acids is 1. The van der Waals surface area contributed by atoms with Gasteiger partial charge < -0.3 is 14.1 Å². The standard InChI is InChI=1S/C17H19NO3/c1-18-13-4-5-14(18)10-15(9-13)21-17(19)12-3-2-11-6-7-20-16(11)8-12/h2-3,6-8,13-15H,4-5,9-10H2,1H3/t13-,14+,15-. The van der Waals surface area contributed by atoms with Gasteiger partial charge in [0.15, 0.2) is 0 Å². The quantitative estimate of drug-likeness (QED) is 0.795. The number of furan rings is 1. The predicted octanol–water partition coefficient (Wildman–Crippen LogP) is 3.21. The van der Waals surface area contributed by atoms with Gasteiger partial charge in [0.05, 0.1) is 11.8 Å². The molecule has 3 atom stereocenters. The highest BCUT2D eigenvalue weighted by atomic mass is 16.5. The number of carbonyl (C=O) groups is 1. The second-order valence-corrected chi connectivity index (χ2v) is 6.22. The van der Waals surface area contributed by atoms with Gasteiger partial charge in [0, 0.05) is 30.3 Å². The van der Waals surface area contributed by atoms with Gasteiger partial charge in [0.2, 0.25) is 0 Å². The number of fused-ring (bicyclic) bond motifs is 3. The number of piperidine rings is 1. The van der Waals surface area contributed by atoms with Gasteiger partial charge >= 0.3 is 5.97 Å². The summed E-state index contributed by atoms with van der Waals surface area (Å²) in [6, 6.07) is 8.51. The third-order valence-corrected chi connectivity index (χ3v) is 5.02. The molecule has 110 valence electrons. The fourth-order valence-electron chi connectivity index (χ4n) is 3.76. The Morgan fingerprint density at radius 2 is 2.00 bits per heavy atom. The fraction of sp³-hybridized carbons (Fsp3) is 0.471. The normalized spacial score (nSPS) is 28.9. The van der Waals surface area contributed by atoms with E-state index in [0.717, 1.165) is 23.8 Å². The predicted molar refractivity (Wildman–Crippen MR) is 79.2 cm³/mol. The number of hydrogen-bond acceptors (Lipinski definition) is 4. The summed E-state index contributed by atoms with van der Waals surface area (Å²) in [4.78, 5) is 14.8. The van der Waals surface area contributed by atoms with Crippen LogP contribution < -0.4 is 0 Å². The number of esters is 1. The number of hydrogen-bond donors (Lipinski definition) is 0. The van der Waals surface area contributed by atoms with Gasteiger partial charge in [-0.3, -0.25) is 0 Å². The largest absolute Gasteiger partial charge is 0.464 e. The van der Waals surface area contributed by atoms with Crippen LogP contribution >= 0.6 is 0 Å². The van der Waals surface area contributed by atoms with Gasteiger partial charge in [-0.2, -0.15) is 0 Å². The Morgan fingerprint density at radius 1 is 1.24 bits per heavy atom. The van der Waals surface area contributed by atoms with Crippen molar-refractivity contribution < 1.29 is 13.9 Å². The molecule has 3 heterocycles. The lowest BCUT2D eigenvalue weighted by Gasteiger charge is -2.35. The molecular formula is C17H19NO3. The number of ether oxygens (including phenoxy) is 1. The molecule has 2 bridgehead atoms. The van der Waals surface area contributed by atoms with E-state index in [-0.39, 0.29) is 12.1 Å². The molecule has 0 aliphatic carbocycles. The Bertz CT molecular complexity index is 663. The molecule has 0 saturated carbocycles. The molecular weight excluding hydrogens is 266 g/mol. The van der Waals surface area contributed by atoms with Crippen molar-refractivity contribution in [1.29, 1.82) is 0 Å². The molecule has 2 aliphatic rings. The molecule has 0 amide bonds. The van der Waals surface area contributed by atoms with E-state index in [1.807, 2.05) is 18.2 Å². The molecule has 1 aromatic heterocycles. The fourth-order valence-corrected chi connectivity index (χ4v) is 3.76. The van der Waals surface area contributed by atoms with Crippen molar-refractivity contribution in [3.8, 4) is 0 Å². The molecule has 0 N–H and O–H groups in total. The van der Waals surface area contributed by atoms with Gasteiger partial charge in [0.1, 0.15) is 11.7 Å². The minimum atomic E-state index is -0.234. The van der Waals surface area contributed by atoms with Crippen LogP contribution in [0.2, 0.25) is 0 Å². The van der Waals surface area contributed by atoms with E-state index < -0.39 is 0 Å². The van der Waals surface area contributed by atoms with Gasteiger partial charge in [-0.15, -0.1) is 0 Å². The Kier molecular flexibility index (Phi) is 3.00. The zero-order chi connectivity index (χ0) is 14.4. The van der Waals surface area contributed by atoms with E-state index in [2.05, 4.69) is 11.9 Å². The summed E-state index contributed by atoms with van der Waals surface area (Å²) in [7, 11) is 2.19. The Hall–Kier alpha value is -1.81. The first-order valence-electron chi connectivity index (χ1n) is 7.61. The number of benzene rings is 1. The van der Waals surface area contributed by atoms with E-state index in [4.69, 9.17) is 9.15 Å². The molecule has 2 fully saturated rings. The van der Waals surface area contributed by atoms with Crippen LogP contribution in [0.1, 0.15) is 36.0 Å². The van der Waals surface area contributed by atoms with Crippen molar-refractivity contribution in [2.75, 3.05) is 7.05 Å². The second kappa shape index (κ2) is 4.88. The highest BCUT2D eigenvalue weighted by Crippen LogP contribution is 2.35. The van der Waals surface area contributed by atoms with Crippen LogP contribution in [0.15, 0.2) is 34.9 Å². The first-order valence-corrected chi connectivity index (χ1v) is 7.61. The van der Waals surface area contributed by atoms with Crippen LogP contribution in [-0.2, 0) is 4.74 Å². The molecule has 4 heteroatoms. The summed E-state index contributed by atoms with van der Waals surface area (Å²) in [5, 5.41) is 1.00. The van der Waals surface area contributed by atoms with Crippen molar-refractivity contribution in [3.05, 3.63) is 36.1 Å². The third-order valence-electron chi connectivity index (χ3n) is 5.02. The molecule has 2 saturated heterocycles. The van der Waals surface area contributed by atoms with Gasteiger partial charge in [-0.1, -0.05) is 6.07 Å². The molecule has 21 heavy (non-hydrogen) atoms. The topological polar surface area (TPSA) is 42.7 Å². The maximum absolute atomic E-state index is 12.3. The molecule has 0 unspecified atom stereocenters. The maximum atomic E-state index is 12.3. The average molecular weight is 285 g/mol. The van der Waals surface area contributed by atoms with Crippen LogP contribution in [0.5, 0.6) is 0 Å². The van der Waals surface area contributed by atoms with Gasteiger partial charge in [-0.05, 0) is 38.1 Å². The smallest absolute Gasteiger partial charge is 0.338 e. The highest BCUT2D eigenvalue weighted by molar-refractivity contribution is 5.93. The minimum Gasteiger partial charge on any atom is -0.464 e. The summed E-state index contributed by atoms with van der Waals surface area (Å²) in [6.45, 7) is 0. The SMILES string of the molecule is CN1[C@@H]2CC[C@H]1C[C@H](OC(=O)c1ccc3ccoc3c1)C2. The molecule has 4 nitrogen and oxygen atoms in total. The highest BCUT2D eigenvalue weighted by Gasteiger charge is 2.39. The first kappa shape index (κ1) is 12.9. The van der Waals surface area contributed by atoms with Crippen LogP contribution in [0, 0.1) is 0 Å². The monoisotopic (exact) mass is 285 g/mol. The van der Waals surface area contributed by atoms with E-state index >= 15 is 0 Å². The first-order chi connectivity index (χ1) is 10.2. The lowest BCUT2D eigenvalue weighted by molar-refractivity contribution is -0.000444. The van der Waals surface area contributed by atoms with Crippen molar-refractivity contribution in [3.63, 3.8) is 0 Å². The summed E-state index contributed by atoms with van der Waals surface area (Å²) < 4.78 is 11.1. The summed E-state index contributed by atoms with van der Waals surface area (Å²) >= 11 is 0. The molecule has 1 aromatic carbocycles. The number of rotatable bonds is 2. The van der Waals surface area contributed by atoms with Gasteiger partial charge in [0.25, 0.3) is 0 Å². The van der Waals surface area contributed by atoms with Crippen molar-refractivity contribution in [2.45, 2.75) is 43.9 Å².